The topological polar surface area (TPSA) is 113 Å². The van der Waals surface area contributed by atoms with Crippen LogP contribution in [0, 0.1) is 0 Å². The molecule has 9 nitrogen and oxygen atoms in total. The first kappa shape index (κ1) is 49.5. The van der Waals surface area contributed by atoms with Crippen molar-refractivity contribution in [2.45, 2.75) is 187 Å². The van der Waals surface area contributed by atoms with Crippen LogP contribution in [0.4, 0.5) is 0 Å². The highest BCUT2D eigenvalue weighted by Crippen LogP contribution is 2.43. The molecule has 0 aliphatic rings. The van der Waals surface area contributed by atoms with Crippen LogP contribution in [0.2, 0.25) is 0 Å². The van der Waals surface area contributed by atoms with Crippen molar-refractivity contribution in [3.05, 3.63) is 24.3 Å². The first-order valence-corrected chi connectivity index (χ1v) is 22.3. The molecule has 0 saturated carbocycles. The van der Waals surface area contributed by atoms with Gasteiger partial charge in [0.15, 0.2) is 6.10 Å². The van der Waals surface area contributed by atoms with Gasteiger partial charge in [0.2, 0.25) is 0 Å². The van der Waals surface area contributed by atoms with Crippen LogP contribution in [0.3, 0.4) is 0 Å². The summed E-state index contributed by atoms with van der Waals surface area (Å²) in [7, 11) is -0.535. The molecule has 2 atom stereocenters. The van der Waals surface area contributed by atoms with Crippen molar-refractivity contribution < 1.29 is 42.5 Å². The average molecular weight is 745 g/mol. The maximum atomic E-state index is 12.6. The highest BCUT2D eigenvalue weighted by atomic mass is 31.2. The van der Waals surface area contributed by atoms with Gasteiger partial charge in [0.05, 0.1) is 20.7 Å². The minimum atomic E-state index is -4.35. The van der Waals surface area contributed by atoms with Crippen LogP contribution >= 0.6 is 7.82 Å². The molecule has 0 amide bonds. The number of hydrogen-bond donors (Lipinski definition) is 2. The number of phosphoric ester groups is 1. The standard InChI is InChI=1S/C41H78NO8P/c1-5-7-9-11-13-15-17-19-20-22-24-26-28-30-32-34-41(44)50-39(38-49-51(45,46)48-36-35-42(3)4)37-47-40(43)33-31-29-27-25-23-21-18-16-14-12-10-8-6-2/h16,18-20,39H,5-15,17,21-38H2,1-4H3,(H,45,46)/p+1/b18-16-,20-19-/t39-/m1/s1. The van der Waals surface area contributed by atoms with E-state index in [-0.39, 0.29) is 32.0 Å². The lowest BCUT2D eigenvalue weighted by atomic mass is 10.1. The van der Waals surface area contributed by atoms with Gasteiger partial charge in [-0.2, -0.15) is 0 Å². The molecular formula is C41H79NO8P+. The number of rotatable bonds is 38. The van der Waals surface area contributed by atoms with Crippen LogP contribution in [-0.4, -0.2) is 63.4 Å². The first-order chi connectivity index (χ1) is 24.7. The third-order valence-electron chi connectivity index (χ3n) is 8.79. The predicted molar refractivity (Wildman–Crippen MR) is 210 cm³/mol. The van der Waals surface area contributed by atoms with E-state index >= 15 is 0 Å². The number of ether oxygens (including phenoxy) is 2. The summed E-state index contributed by atoms with van der Waals surface area (Å²) in [5, 5.41) is 0. The highest BCUT2D eigenvalue weighted by molar-refractivity contribution is 7.47. The summed E-state index contributed by atoms with van der Waals surface area (Å²) in [6.07, 6.45) is 36.5. The molecule has 0 aliphatic carbocycles. The number of allylic oxidation sites excluding steroid dienone is 4. The van der Waals surface area contributed by atoms with Gasteiger partial charge in [-0.15, -0.1) is 0 Å². The number of carbonyl (C=O) groups excluding carboxylic acids is 2. The van der Waals surface area contributed by atoms with Gasteiger partial charge in [-0.05, 0) is 64.2 Å². The fraction of sp³-hybridized carbons (Fsp3) is 0.854. The minimum Gasteiger partial charge on any atom is -0.462 e. The number of carbonyl (C=O) groups is 2. The zero-order valence-corrected chi connectivity index (χ0v) is 34.2. The Kier molecular flexibility index (Phi) is 35.7. The van der Waals surface area contributed by atoms with Gasteiger partial charge >= 0.3 is 19.8 Å². The number of unbranched alkanes of at least 4 members (excludes halogenated alkanes) is 20. The summed E-state index contributed by atoms with van der Waals surface area (Å²) in [5.41, 5.74) is 0. The number of phosphoric acid groups is 1. The van der Waals surface area contributed by atoms with E-state index in [9.17, 15) is 19.0 Å². The second-order valence-electron chi connectivity index (χ2n) is 14.3. The van der Waals surface area contributed by atoms with Crippen molar-refractivity contribution in [3.8, 4) is 0 Å². The first-order valence-electron chi connectivity index (χ1n) is 20.8. The normalized spacial score (nSPS) is 13.7. The third kappa shape index (κ3) is 38.0. The van der Waals surface area contributed by atoms with E-state index in [2.05, 4.69) is 38.2 Å². The Morgan fingerprint density at radius 1 is 0.588 bits per heavy atom. The maximum Gasteiger partial charge on any atom is 0.472 e. The smallest absolute Gasteiger partial charge is 0.462 e. The number of likely N-dealkylation sites (N-methyl/N-ethyl adjacent to an activating group) is 1. The molecule has 0 aromatic carbocycles. The van der Waals surface area contributed by atoms with Crippen molar-refractivity contribution >= 4 is 19.8 Å². The third-order valence-corrected chi connectivity index (χ3v) is 9.78. The Labute approximate surface area is 313 Å². The van der Waals surface area contributed by atoms with Crippen molar-refractivity contribution in [3.63, 3.8) is 0 Å². The molecule has 0 radical (unpaired) electrons. The van der Waals surface area contributed by atoms with Crippen molar-refractivity contribution in [1.29, 1.82) is 0 Å². The van der Waals surface area contributed by atoms with Crippen LogP contribution in [0.25, 0.3) is 0 Å². The summed E-state index contributed by atoms with van der Waals surface area (Å²) in [6, 6.07) is 0. The maximum absolute atomic E-state index is 12.6. The molecule has 1 unspecified atom stereocenters. The molecule has 0 rings (SSSR count). The van der Waals surface area contributed by atoms with E-state index in [0.717, 1.165) is 75.5 Å². The molecule has 2 N–H and O–H groups in total. The number of nitrogens with one attached hydrogen (secondary N) is 1. The molecule has 0 bridgehead atoms. The number of hydrogen-bond acceptors (Lipinski definition) is 7. The van der Waals surface area contributed by atoms with Gasteiger partial charge in [0, 0.05) is 12.8 Å². The molecule has 0 aliphatic heterocycles. The van der Waals surface area contributed by atoms with Crippen LogP contribution in [0.15, 0.2) is 24.3 Å². The molecule has 0 aromatic rings. The van der Waals surface area contributed by atoms with Gasteiger partial charge in [0.25, 0.3) is 0 Å². The second kappa shape index (κ2) is 36.8. The Hall–Kier alpha value is -1.51. The monoisotopic (exact) mass is 745 g/mol. The Balaban J connectivity index is 4.35. The fourth-order valence-electron chi connectivity index (χ4n) is 5.53. The Morgan fingerprint density at radius 3 is 1.47 bits per heavy atom. The Bertz CT molecular complexity index is 910. The number of esters is 2. The average Bonchev–Trinajstić information content (AvgIpc) is 3.09. The molecule has 0 saturated heterocycles. The number of quaternary nitrogens is 1. The second-order valence-corrected chi connectivity index (χ2v) is 15.8. The lowest BCUT2D eigenvalue weighted by Crippen LogP contribution is -3.06. The van der Waals surface area contributed by atoms with Crippen LogP contribution in [0.1, 0.15) is 181 Å². The molecule has 0 aromatic heterocycles. The van der Waals surface area contributed by atoms with Gasteiger partial charge in [-0.3, -0.25) is 18.6 Å². The van der Waals surface area contributed by atoms with E-state index in [1.165, 1.54) is 77.0 Å². The van der Waals surface area contributed by atoms with Crippen LogP contribution in [-0.2, 0) is 32.7 Å². The van der Waals surface area contributed by atoms with E-state index in [0.29, 0.717) is 13.0 Å². The quantitative estimate of drug-likeness (QED) is 0.0278. The van der Waals surface area contributed by atoms with E-state index < -0.39 is 26.5 Å². The molecular weight excluding hydrogens is 665 g/mol. The summed E-state index contributed by atoms with van der Waals surface area (Å²) in [4.78, 5) is 36.2. The van der Waals surface area contributed by atoms with Crippen LogP contribution < -0.4 is 4.90 Å². The van der Waals surface area contributed by atoms with Gasteiger partial charge < -0.3 is 19.3 Å². The van der Waals surface area contributed by atoms with E-state index in [1.54, 1.807) is 0 Å². The highest BCUT2D eigenvalue weighted by Gasteiger charge is 2.26. The van der Waals surface area contributed by atoms with Crippen molar-refractivity contribution in [2.75, 3.05) is 40.5 Å². The SMILES string of the molecule is CCCCCC/C=C\CCCCCCCC(=O)OC[C@H](COP(=O)(O)OCC[NH+](C)C)OC(=O)CCCCCCC/C=C\CCCCCCCC. The van der Waals surface area contributed by atoms with E-state index in [1.807, 2.05) is 14.1 Å². The minimum absolute atomic E-state index is 0.0425. The van der Waals surface area contributed by atoms with Crippen molar-refractivity contribution in [1.82, 2.24) is 0 Å². The lowest BCUT2D eigenvalue weighted by molar-refractivity contribution is -0.858. The summed E-state index contributed by atoms with van der Waals surface area (Å²) >= 11 is 0. The lowest BCUT2D eigenvalue weighted by Gasteiger charge is -2.20. The van der Waals surface area contributed by atoms with Gasteiger partial charge in [-0.25, -0.2) is 4.57 Å². The molecule has 0 heterocycles. The van der Waals surface area contributed by atoms with Crippen LogP contribution in [0.5, 0.6) is 0 Å². The Morgan fingerprint density at radius 2 is 1.00 bits per heavy atom. The molecule has 300 valence electrons. The summed E-state index contributed by atoms with van der Waals surface area (Å²) in [6.45, 7) is 4.41. The largest absolute Gasteiger partial charge is 0.472 e. The van der Waals surface area contributed by atoms with E-state index in [4.69, 9.17) is 18.5 Å². The zero-order chi connectivity index (χ0) is 37.7. The predicted octanol–water partition coefficient (Wildman–Crippen LogP) is 10.0. The summed E-state index contributed by atoms with van der Waals surface area (Å²) in [5.74, 6) is -0.815. The summed E-state index contributed by atoms with van der Waals surface area (Å²) < 4.78 is 33.4. The molecule has 0 fully saturated rings. The molecule has 51 heavy (non-hydrogen) atoms. The van der Waals surface area contributed by atoms with Gasteiger partial charge in [0.1, 0.15) is 19.8 Å². The molecule has 10 heteroatoms. The molecule has 0 spiro atoms. The van der Waals surface area contributed by atoms with Crippen molar-refractivity contribution in [2.24, 2.45) is 0 Å². The van der Waals surface area contributed by atoms with Gasteiger partial charge in [-0.1, -0.05) is 128 Å². The fourth-order valence-corrected chi connectivity index (χ4v) is 6.28. The zero-order valence-electron chi connectivity index (χ0n) is 33.4.